The van der Waals surface area contributed by atoms with Crippen LogP contribution in [-0.2, 0) is 15.1 Å². The highest BCUT2D eigenvalue weighted by Crippen LogP contribution is 2.20. The molecule has 1 unspecified atom stereocenters. The van der Waals surface area contributed by atoms with E-state index >= 15 is 0 Å². The van der Waals surface area contributed by atoms with Gasteiger partial charge in [-0.25, -0.2) is 4.79 Å². The predicted octanol–water partition coefficient (Wildman–Crippen LogP) is 0.00590. The molecule has 14 heavy (non-hydrogen) atoms. The number of esters is 1. The lowest BCUT2D eigenvalue weighted by Crippen LogP contribution is -2.43. The molecule has 0 heterocycles. The third kappa shape index (κ3) is 1.76. The molecule has 0 saturated carbocycles. The van der Waals surface area contributed by atoms with Crippen LogP contribution in [-0.4, -0.2) is 24.7 Å². The maximum Gasteiger partial charge on any atom is 0.343 e. The van der Waals surface area contributed by atoms with Crippen molar-refractivity contribution >= 4 is 5.97 Å². The second kappa shape index (κ2) is 4.21. The molecule has 4 heteroatoms. The van der Waals surface area contributed by atoms with Gasteiger partial charge in [-0.15, -0.1) is 0 Å². The summed E-state index contributed by atoms with van der Waals surface area (Å²) in [5, 5.41) is 9.96. The second-order valence-electron chi connectivity index (χ2n) is 2.92. The fraction of sp³-hybridized carbons (Fsp3) is 0.300. The zero-order valence-corrected chi connectivity index (χ0v) is 7.93. The van der Waals surface area contributed by atoms with Crippen molar-refractivity contribution in [3.63, 3.8) is 0 Å². The largest absolute Gasteiger partial charge is 0.467 e. The number of hydrogen-bond acceptors (Lipinski definition) is 4. The van der Waals surface area contributed by atoms with E-state index in [1.54, 1.807) is 30.3 Å². The maximum atomic E-state index is 11.3. The van der Waals surface area contributed by atoms with Crippen molar-refractivity contribution in [2.45, 2.75) is 5.60 Å². The normalized spacial score (nSPS) is 14.5. The number of carbonyl (C=O) groups excluding carboxylic acids is 1. The number of methoxy groups -OCH3 is 1. The first-order valence-corrected chi connectivity index (χ1v) is 4.21. The SMILES string of the molecule is COC(=O)C(O)(CN)c1ccccc1. The van der Waals surface area contributed by atoms with Crippen molar-refractivity contribution < 1.29 is 14.6 Å². The molecular weight excluding hydrogens is 182 g/mol. The minimum absolute atomic E-state index is 0.205. The van der Waals surface area contributed by atoms with Gasteiger partial charge in [0, 0.05) is 6.54 Å². The number of rotatable bonds is 3. The molecule has 76 valence electrons. The number of nitrogens with two attached hydrogens (primary N) is 1. The Morgan fingerprint density at radius 2 is 2.07 bits per heavy atom. The molecule has 0 saturated heterocycles. The van der Waals surface area contributed by atoms with Gasteiger partial charge in [-0.1, -0.05) is 30.3 Å². The summed E-state index contributed by atoms with van der Waals surface area (Å²) in [5.74, 6) is -0.744. The van der Waals surface area contributed by atoms with Crippen molar-refractivity contribution in [1.82, 2.24) is 0 Å². The molecule has 0 aliphatic heterocycles. The van der Waals surface area contributed by atoms with Crippen LogP contribution in [0.5, 0.6) is 0 Å². The summed E-state index contributed by atoms with van der Waals surface area (Å²) in [6.07, 6.45) is 0. The second-order valence-corrected chi connectivity index (χ2v) is 2.92. The molecule has 0 spiro atoms. The molecule has 0 amide bonds. The molecule has 4 nitrogen and oxygen atoms in total. The molecule has 0 aromatic heterocycles. The summed E-state index contributed by atoms with van der Waals surface area (Å²) < 4.78 is 4.49. The zero-order valence-electron chi connectivity index (χ0n) is 7.93. The Hall–Kier alpha value is -1.39. The van der Waals surface area contributed by atoms with E-state index < -0.39 is 11.6 Å². The van der Waals surface area contributed by atoms with Gasteiger partial charge in [0.1, 0.15) is 0 Å². The minimum atomic E-state index is -1.74. The number of aliphatic hydroxyl groups is 1. The van der Waals surface area contributed by atoms with E-state index in [-0.39, 0.29) is 6.54 Å². The number of carbonyl (C=O) groups is 1. The monoisotopic (exact) mass is 195 g/mol. The summed E-state index contributed by atoms with van der Waals surface area (Å²) in [7, 11) is 1.21. The van der Waals surface area contributed by atoms with Gasteiger partial charge in [-0.3, -0.25) is 0 Å². The molecule has 0 radical (unpaired) electrons. The summed E-state index contributed by atoms with van der Waals surface area (Å²) in [4.78, 5) is 11.3. The molecule has 3 N–H and O–H groups in total. The van der Waals surface area contributed by atoms with Gasteiger partial charge < -0.3 is 15.6 Å². The maximum absolute atomic E-state index is 11.3. The fourth-order valence-electron chi connectivity index (χ4n) is 1.20. The van der Waals surface area contributed by atoms with E-state index in [9.17, 15) is 9.90 Å². The highest BCUT2D eigenvalue weighted by molar-refractivity contribution is 5.81. The first-order chi connectivity index (χ1) is 6.65. The van der Waals surface area contributed by atoms with Gasteiger partial charge in [0.2, 0.25) is 0 Å². The summed E-state index contributed by atoms with van der Waals surface area (Å²) >= 11 is 0. The molecule has 1 rings (SSSR count). The van der Waals surface area contributed by atoms with Gasteiger partial charge in [0.05, 0.1) is 7.11 Å². The topological polar surface area (TPSA) is 72.5 Å². The highest BCUT2D eigenvalue weighted by Gasteiger charge is 2.37. The lowest BCUT2D eigenvalue weighted by molar-refractivity contribution is -0.162. The summed E-state index contributed by atoms with van der Waals surface area (Å²) in [6.45, 7) is -0.205. The highest BCUT2D eigenvalue weighted by atomic mass is 16.5. The van der Waals surface area contributed by atoms with Gasteiger partial charge in [0.25, 0.3) is 0 Å². The Balaban J connectivity index is 3.08. The van der Waals surface area contributed by atoms with Crippen molar-refractivity contribution in [3.8, 4) is 0 Å². The first-order valence-electron chi connectivity index (χ1n) is 4.21. The van der Waals surface area contributed by atoms with Crippen LogP contribution >= 0.6 is 0 Å². The van der Waals surface area contributed by atoms with E-state index in [0.717, 1.165) is 0 Å². The molecule has 0 bridgehead atoms. The molecule has 0 aliphatic rings. The van der Waals surface area contributed by atoms with E-state index in [1.165, 1.54) is 7.11 Å². The van der Waals surface area contributed by atoms with E-state index in [2.05, 4.69) is 4.74 Å². The van der Waals surface area contributed by atoms with E-state index in [4.69, 9.17) is 5.73 Å². The lowest BCUT2D eigenvalue weighted by Gasteiger charge is -2.23. The van der Waals surface area contributed by atoms with Gasteiger partial charge in [-0.05, 0) is 5.56 Å². The van der Waals surface area contributed by atoms with Crippen LogP contribution in [0.15, 0.2) is 30.3 Å². The van der Waals surface area contributed by atoms with Crippen LogP contribution in [0.25, 0.3) is 0 Å². The lowest BCUT2D eigenvalue weighted by atomic mass is 9.94. The first kappa shape index (κ1) is 10.7. The number of hydrogen-bond donors (Lipinski definition) is 2. The molecular formula is C10H13NO3. The van der Waals surface area contributed by atoms with Crippen molar-refractivity contribution in [2.24, 2.45) is 5.73 Å². The minimum Gasteiger partial charge on any atom is -0.467 e. The molecule has 0 aliphatic carbocycles. The van der Waals surface area contributed by atoms with Crippen LogP contribution in [0.2, 0.25) is 0 Å². The van der Waals surface area contributed by atoms with Gasteiger partial charge in [-0.2, -0.15) is 0 Å². The van der Waals surface area contributed by atoms with E-state index in [0.29, 0.717) is 5.56 Å². The Morgan fingerprint density at radius 1 is 1.50 bits per heavy atom. The van der Waals surface area contributed by atoms with Crippen LogP contribution in [0.3, 0.4) is 0 Å². The summed E-state index contributed by atoms with van der Waals surface area (Å²) in [5.41, 5.74) is 4.06. The standard InChI is InChI=1S/C10H13NO3/c1-14-9(12)10(13,7-11)8-5-3-2-4-6-8/h2-6,13H,7,11H2,1H3. The average molecular weight is 195 g/mol. The van der Waals surface area contributed by atoms with Crippen LogP contribution in [0.4, 0.5) is 0 Å². The predicted molar refractivity (Wildman–Crippen MR) is 51.4 cm³/mol. The Labute approximate surface area is 82.3 Å². The van der Waals surface area contributed by atoms with Crippen molar-refractivity contribution in [1.29, 1.82) is 0 Å². The quantitative estimate of drug-likeness (QED) is 0.666. The van der Waals surface area contributed by atoms with Crippen molar-refractivity contribution in [3.05, 3.63) is 35.9 Å². The Kier molecular flexibility index (Phi) is 3.22. The van der Waals surface area contributed by atoms with E-state index in [1.807, 2.05) is 0 Å². The Bertz CT molecular complexity index is 312. The van der Waals surface area contributed by atoms with Crippen LogP contribution in [0.1, 0.15) is 5.56 Å². The molecule has 1 aromatic carbocycles. The fourth-order valence-corrected chi connectivity index (χ4v) is 1.20. The number of benzene rings is 1. The third-order valence-corrected chi connectivity index (χ3v) is 2.07. The third-order valence-electron chi connectivity index (χ3n) is 2.07. The van der Waals surface area contributed by atoms with Gasteiger partial charge in [0.15, 0.2) is 5.60 Å². The Morgan fingerprint density at radius 3 is 2.50 bits per heavy atom. The average Bonchev–Trinajstić information content (AvgIpc) is 2.28. The summed E-state index contributed by atoms with van der Waals surface area (Å²) in [6, 6.07) is 8.49. The smallest absolute Gasteiger partial charge is 0.343 e. The van der Waals surface area contributed by atoms with Crippen molar-refractivity contribution in [2.75, 3.05) is 13.7 Å². The molecule has 0 fully saturated rings. The van der Waals surface area contributed by atoms with Crippen LogP contribution in [0, 0.1) is 0 Å². The number of ether oxygens (including phenoxy) is 1. The molecule has 1 aromatic rings. The zero-order chi connectivity index (χ0) is 10.6. The molecule has 1 atom stereocenters. The van der Waals surface area contributed by atoms with Gasteiger partial charge >= 0.3 is 5.97 Å². The van der Waals surface area contributed by atoms with Crippen LogP contribution < -0.4 is 5.73 Å².